The number of hydrogen-bond donors (Lipinski definition) is 1. The number of benzene rings is 2. The van der Waals surface area contributed by atoms with E-state index < -0.39 is 10.0 Å². The van der Waals surface area contributed by atoms with E-state index in [1.807, 2.05) is 0 Å². The average molecular weight is 419 g/mol. The first-order chi connectivity index (χ1) is 13.9. The van der Waals surface area contributed by atoms with Crippen LogP contribution in [0.25, 0.3) is 0 Å². The summed E-state index contributed by atoms with van der Waals surface area (Å²) in [7, 11) is -0.458. The van der Waals surface area contributed by atoms with Crippen molar-refractivity contribution in [3.05, 3.63) is 48.0 Å². The van der Waals surface area contributed by atoms with Crippen molar-refractivity contribution in [2.75, 3.05) is 32.6 Å². The normalized spacial score (nSPS) is 15.0. The van der Waals surface area contributed by atoms with Gasteiger partial charge >= 0.3 is 0 Å². The van der Waals surface area contributed by atoms with Gasteiger partial charge in [-0.25, -0.2) is 8.42 Å². The fourth-order valence-corrected chi connectivity index (χ4v) is 4.95. The van der Waals surface area contributed by atoms with Crippen LogP contribution >= 0.6 is 0 Å². The molecule has 1 aliphatic rings. The van der Waals surface area contributed by atoms with Crippen LogP contribution in [0.5, 0.6) is 11.5 Å². The lowest BCUT2D eigenvalue weighted by Gasteiger charge is -2.26. The molecule has 0 unspecified atom stereocenters. The smallest absolute Gasteiger partial charge is 0.243 e. The molecule has 8 heteroatoms. The van der Waals surface area contributed by atoms with Crippen LogP contribution in [0, 0.1) is 0 Å². The molecule has 1 heterocycles. The largest absolute Gasteiger partial charge is 0.497 e. The third-order valence-corrected chi connectivity index (χ3v) is 6.80. The molecule has 0 spiro atoms. The number of ether oxygens (including phenoxy) is 2. The maximum atomic E-state index is 12.9. The lowest BCUT2D eigenvalue weighted by Crippen LogP contribution is -2.35. The first-order valence-electron chi connectivity index (χ1n) is 9.55. The lowest BCUT2D eigenvalue weighted by atomic mass is 10.1. The number of anilines is 1. The number of nitrogens with zero attached hydrogens (tertiary/aromatic N) is 1. The molecular formula is C21H26N2O5S. The van der Waals surface area contributed by atoms with Crippen molar-refractivity contribution >= 4 is 21.6 Å². The van der Waals surface area contributed by atoms with E-state index >= 15 is 0 Å². The highest BCUT2D eigenvalue weighted by molar-refractivity contribution is 7.89. The van der Waals surface area contributed by atoms with Gasteiger partial charge in [0, 0.05) is 24.3 Å². The van der Waals surface area contributed by atoms with E-state index in [2.05, 4.69) is 5.32 Å². The Labute approximate surface area is 171 Å². The summed E-state index contributed by atoms with van der Waals surface area (Å²) in [6, 6.07) is 11.6. The predicted octanol–water partition coefficient (Wildman–Crippen LogP) is 3.06. The van der Waals surface area contributed by atoms with Crippen LogP contribution in [0.15, 0.2) is 47.4 Å². The van der Waals surface area contributed by atoms with Crippen molar-refractivity contribution in [3.8, 4) is 11.5 Å². The molecule has 2 aromatic rings. The minimum Gasteiger partial charge on any atom is -0.497 e. The molecule has 0 radical (unpaired) electrons. The van der Waals surface area contributed by atoms with Gasteiger partial charge in [0.2, 0.25) is 15.9 Å². The molecule has 0 saturated carbocycles. The first-order valence-corrected chi connectivity index (χ1v) is 11.0. The third kappa shape index (κ3) is 5.07. The summed E-state index contributed by atoms with van der Waals surface area (Å²) in [6.07, 6.45) is 2.87. The van der Waals surface area contributed by atoms with Gasteiger partial charge in [-0.2, -0.15) is 4.31 Å². The Bertz CT molecular complexity index is 969. The molecule has 1 fully saturated rings. The molecule has 1 N–H and O–H groups in total. The molecule has 29 heavy (non-hydrogen) atoms. The number of methoxy groups -OCH3 is 2. The van der Waals surface area contributed by atoms with Crippen molar-refractivity contribution in [2.45, 2.75) is 30.6 Å². The van der Waals surface area contributed by atoms with E-state index in [0.717, 1.165) is 19.3 Å². The minimum atomic E-state index is -3.55. The number of piperidine rings is 1. The van der Waals surface area contributed by atoms with Gasteiger partial charge in [-0.05, 0) is 49.2 Å². The zero-order valence-corrected chi connectivity index (χ0v) is 17.5. The monoisotopic (exact) mass is 418 g/mol. The first kappa shape index (κ1) is 21.1. The molecule has 2 aromatic carbocycles. The number of carbonyl (C=O) groups excluding carboxylic acids is 1. The molecule has 0 aromatic heterocycles. The van der Waals surface area contributed by atoms with E-state index in [1.165, 1.54) is 17.5 Å². The van der Waals surface area contributed by atoms with Gasteiger partial charge < -0.3 is 14.8 Å². The Balaban J connectivity index is 1.74. The average Bonchev–Trinajstić information content (AvgIpc) is 2.74. The zero-order valence-electron chi connectivity index (χ0n) is 16.7. The van der Waals surface area contributed by atoms with Crippen LogP contribution < -0.4 is 14.8 Å². The maximum absolute atomic E-state index is 12.9. The second kappa shape index (κ2) is 9.28. The highest BCUT2D eigenvalue weighted by Gasteiger charge is 2.26. The SMILES string of the molecule is COc1ccc(OC)c(CC(=O)Nc2cccc(S(=O)(=O)N3CCCCC3)c2)c1. The summed E-state index contributed by atoms with van der Waals surface area (Å²) in [6.45, 7) is 1.07. The van der Waals surface area contributed by atoms with Crippen LogP contribution in [0.4, 0.5) is 5.69 Å². The van der Waals surface area contributed by atoms with Crippen molar-refractivity contribution in [1.82, 2.24) is 4.31 Å². The van der Waals surface area contributed by atoms with Gasteiger partial charge in [0.15, 0.2) is 0 Å². The van der Waals surface area contributed by atoms with Crippen molar-refractivity contribution in [2.24, 2.45) is 0 Å². The van der Waals surface area contributed by atoms with Crippen molar-refractivity contribution in [3.63, 3.8) is 0 Å². The Hall–Kier alpha value is -2.58. The quantitative estimate of drug-likeness (QED) is 0.747. The van der Waals surface area contributed by atoms with Crippen LogP contribution in [-0.4, -0.2) is 45.9 Å². The van der Waals surface area contributed by atoms with E-state index in [9.17, 15) is 13.2 Å². The topological polar surface area (TPSA) is 84.9 Å². The van der Waals surface area contributed by atoms with Crippen LogP contribution in [0.1, 0.15) is 24.8 Å². The van der Waals surface area contributed by atoms with E-state index in [-0.39, 0.29) is 17.2 Å². The van der Waals surface area contributed by atoms with Crippen LogP contribution in [-0.2, 0) is 21.2 Å². The Kier molecular flexibility index (Phi) is 6.76. The number of nitrogens with one attached hydrogen (secondary N) is 1. The Morgan fingerprint density at radius 1 is 1.03 bits per heavy atom. The molecule has 0 atom stereocenters. The fourth-order valence-electron chi connectivity index (χ4n) is 3.39. The highest BCUT2D eigenvalue weighted by atomic mass is 32.2. The van der Waals surface area contributed by atoms with Crippen LogP contribution in [0.2, 0.25) is 0 Å². The Morgan fingerprint density at radius 3 is 2.48 bits per heavy atom. The van der Waals surface area contributed by atoms with Crippen molar-refractivity contribution in [1.29, 1.82) is 0 Å². The number of hydrogen-bond acceptors (Lipinski definition) is 5. The van der Waals surface area contributed by atoms with Crippen molar-refractivity contribution < 1.29 is 22.7 Å². The lowest BCUT2D eigenvalue weighted by molar-refractivity contribution is -0.115. The molecule has 0 bridgehead atoms. The number of amides is 1. The fraction of sp³-hybridized carbons (Fsp3) is 0.381. The number of rotatable bonds is 7. The van der Waals surface area contributed by atoms with E-state index in [4.69, 9.17) is 9.47 Å². The van der Waals surface area contributed by atoms with Gasteiger partial charge in [-0.3, -0.25) is 4.79 Å². The zero-order chi connectivity index (χ0) is 20.9. The predicted molar refractivity (Wildman–Crippen MR) is 111 cm³/mol. The molecule has 156 valence electrons. The third-order valence-electron chi connectivity index (χ3n) is 4.91. The summed E-state index contributed by atoms with van der Waals surface area (Å²) < 4.78 is 37.7. The molecule has 1 amide bonds. The van der Waals surface area contributed by atoms with Gasteiger partial charge in [-0.15, -0.1) is 0 Å². The number of carbonyl (C=O) groups is 1. The molecule has 7 nitrogen and oxygen atoms in total. The molecule has 1 aliphatic heterocycles. The molecule has 3 rings (SSSR count). The van der Waals surface area contributed by atoms with Crippen LogP contribution in [0.3, 0.4) is 0 Å². The molecular weight excluding hydrogens is 392 g/mol. The van der Waals surface area contributed by atoms with Gasteiger partial charge in [0.1, 0.15) is 11.5 Å². The molecule has 0 aliphatic carbocycles. The summed E-state index contributed by atoms with van der Waals surface area (Å²) in [4.78, 5) is 12.7. The molecule has 1 saturated heterocycles. The standard InChI is InChI=1S/C21H26N2O5S/c1-27-18-9-10-20(28-2)16(13-18)14-21(24)22-17-7-6-8-19(15-17)29(25,26)23-11-4-3-5-12-23/h6-10,13,15H,3-5,11-12,14H2,1-2H3,(H,22,24). The second-order valence-corrected chi connectivity index (χ2v) is 8.83. The van der Waals surface area contributed by atoms with E-state index in [0.29, 0.717) is 35.8 Å². The minimum absolute atomic E-state index is 0.0729. The second-order valence-electron chi connectivity index (χ2n) is 6.90. The highest BCUT2D eigenvalue weighted by Crippen LogP contribution is 2.26. The maximum Gasteiger partial charge on any atom is 0.243 e. The van der Waals surface area contributed by atoms with E-state index in [1.54, 1.807) is 43.5 Å². The Morgan fingerprint density at radius 2 is 1.79 bits per heavy atom. The summed E-state index contributed by atoms with van der Waals surface area (Å²) in [5, 5.41) is 2.78. The summed E-state index contributed by atoms with van der Waals surface area (Å²) >= 11 is 0. The summed E-state index contributed by atoms with van der Waals surface area (Å²) in [5.41, 5.74) is 1.12. The number of sulfonamides is 1. The summed E-state index contributed by atoms with van der Waals surface area (Å²) in [5.74, 6) is 0.940. The van der Waals surface area contributed by atoms with Gasteiger partial charge in [0.25, 0.3) is 0 Å². The van der Waals surface area contributed by atoms with Gasteiger partial charge in [-0.1, -0.05) is 12.5 Å². The van der Waals surface area contributed by atoms with Gasteiger partial charge in [0.05, 0.1) is 25.5 Å².